The van der Waals surface area contributed by atoms with Crippen LogP contribution in [-0.2, 0) is 5.41 Å². The average molecular weight is 659 g/mol. The van der Waals surface area contributed by atoms with Gasteiger partial charge in [-0.15, -0.1) is 0 Å². The predicted molar refractivity (Wildman–Crippen MR) is 204 cm³/mol. The van der Waals surface area contributed by atoms with E-state index in [1.54, 1.807) is 0 Å². The van der Waals surface area contributed by atoms with Crippen LogP contribution in [0.3, 0.4) is 0 Å². The summed E-state index contributed by atoms with van der Waals surface area (Å²) in [5.41, 5.74) is 10.5. The van der Waals surface area contributed by atoms with Gasteiger partial charge in [0.05, 0.1) is 0 Å². The second kappa shape index (κ2) is 12.5. The molecule has 0 saturated carbocycles. The maximum atomic E-state index is 5.05. The van der Waals surface area contributed by atoms with E-state index >= 15 is 0 Å². The minimum absolute atomic E-state index is 0.289. The molecule has 2 aliphatic rings. The van der Waals surface area contributed by atoms with Crippen LogP contribution in [0.2, 0.25) is 0 Å². The first kappa shape index (κ1) is 30.6. The number of aromatic nitrogens is 6. The fraction of sp³-hybridized carbons (Fsp3) is 0.111. The summed E-state index contributed by atoms with van der Waals surface area (Å²) in [7, 11) is 0. The maximum Gasteiger partial charge on any atom is 0.164 e. The summed E-state index contributed by atoms with van der Waals surface area (Å²) < 4.78 is 0. The summed E-state index contributed by atoms with van der Waals surface area (Å²) in [5, 5.41) is 0. The van der Waals surface area contributed by atoms with Gasteiger partial charge in [-0.25, -0.2) is 29.9 Å². The average Bonchev–Trinajstić information content (AvgIpc) is 3.43. The lowest BCUT2D eigenvalue weighted by atomic mass is 9.81. The first-order valence-corrected chi connectivity index (χ1v) is 17.4. The van der Waals surface area contributed by atoms with Gasteiger partial charge in [-0.2, -0.15) is 0 Å². The lowest BCUT2D eigenvalue weighted by Crippen LogP contribution is -2.15. The molecule has 0 N–H and O–H groups in total. The number of rotatable bonds is 6. The van der Waals surface area contributed by atoms with E-state index in [2.05, 4.69) is 80.6 Å². The molecule has 9 rings (SSSR count). The Morgan fingerprint density at radius 2 is 0.824 bits per heavy atom. The molecule has 0 spiro atoms. The van der Waals surface area contributed by atoms with Crippen LogP contribution in [0.1, 0.15) is 43.6 Å². The fourth-order valence-electron chi connectivity index (χ4n) is 7.11. The van der Waals surface area contributed by atoms with Crippen molar-refractivity contribution >= 4 is 5.57 Å². The van der Waals surface area contributed by atoms with Crippen molar-refractivity contribution < 1.29 is 0 Å². The molecule has 0 atom stereocenters. The monoisotopic (exact) mass is 658 g/mol. The van der Waals surface area contributed by atoms with Crippen LogP contribution in [0.15, 0.2) is 146 Å². The molecule has 2 aliphatic carbocycles. The van der Waals surface area contributed by atoms with Crippen molar-refractivity contribution in [3.63, 3.8) is 0 Å². The number of benzene rings is 5. The lowest BCUT2D eigenvalue weighted by Gasteiger charge is -2.22. The van der Waals surface area contributed by atoms with Crippen molar-refractivity contribution in [1.29, 1.82) is 0 Å². The standard InChI is InChI=1S/C45H34N6/c1-45(2)37-27-33(43-48-39(29-15-7-3-8-16-29)46-40(49-43)30-17-9-4-10-18-30)23-25-35(37)36-26-24-34(28-38(36)45)44-50-41(31-19-11-5-12-20-31)47-42(51-44)32-21-13-6-14-22-32/h3-13,15-21,23-28H,14,22H2,1-2H3. The molecule has 0 unspecified atom stereocenters. The number of hydrogen-bond acceptors (Lipinski definition) is 6. The number of hydrogen-bond donors (Lipinski definition) is 0. The molecule has 6 nitrogen and oxygen atoms in total. The van der Waals surface area contributed by atoms with E-state index in [0.717, 1.165) is 52.1 Å². The summed E-state index contributed by atoms with van der Waals surface area (Å²) in [6.07, 6.45) is 8.28. The second-order valence-corrected chi connectivity index (χ2v) is 13.5. The van der Waals surface area contributed by atoms with Gasteiger partial charge in [0.1, 0.15) is 0 Å². The summed E-state index contributed by atoms with van der Waals surface area (Å²) >= 11 is 0. The van der Waals surface area contributed by atoms with Crippen molar-refractivity contribution in [3.05, 3.63) is 163 Å². The molecule has 244 valence electrons. The van der Waals surface area contributed by atoms with Crippen molar-refractivity contribution in [3.8, 4) is 68.1 Å². The largest absolute Gasteiger partial charge is 0.209 e. The Labute approximate surface area is 297 Å². The Morgan fingerprint density at radius 3 is 1.22 bits per heavy atom. The highest BCUT2D eigenvalue weighted by atomic mass is 15.0. The highest BCUT2D eigenvalue weighted by Crippen LogP contribution is 2.50. The zero-order valence-corrected chi connectivity index (χ0v) is 28.5. The van der Waals surface area contributed by atoms with Crippen molar-refractivity contribution in [1.82, 2.24) is 29.9 Å². The van der Waals surface area contributed by atoms with Gasteiger partial charge in [0, 0.05) is 33.2 Å². The SMILES string of the molecule is CC1(C)c2cc(-c3nc(C4=CC=CCC4)nc(-c4ccccc4)n3)ccc2-c2ccc(-c3nc(-c4ccccc4)nc(-c4ccccc4)n3)cc21. The topological polar surface area (TPSA) is 77.3 Å². The van der Waals surface area contributed by atoms with E-state index in [1.165, 1.54) is 22.3 Å². The maximum absolute atomic E-state index is 5.05. The Bertz CT molecular complexity index is 2430. The molecule has 0 fully saturated rings. The normalized spacial score (nSPS) is 14.1. The van der Waals surface area contributed by atoms with Crippen LogP contribution in [-0.4, -0.2) is 29.9 Å². The van der Waals surface area contributed by atoms with Gasteiger partial charge in [-0.1, -0.05) is 147 Å². The van der Waals surface area contributed by atoms with Gasteiger partial charge in [-0.3, -0.25) is 0 Å². The van der Waals surface area contributed by atoms with E-state index in [0.29, 0.717) is 29.1 Å². The molecule has 6 heteroatoms. The molecule has 0 radical (unpaired) electrons. The van der Waals surface area contributed by atoms with Crippen molar-refractivity contribution in [2.75, 3.05) is 0 Å². The van der Waals surface area contributed by atoms with Gasteiger partial charge in [0.15, 0.2) is 34.9 Å². The highest BCUT2D eigenvalue weighted by molar-refractivity contribution is 5.85. The first-order valence-electron chi connectivity index (χ1n) is 17.4. The van der Waals surface area contributed by atoms with E-state index in [4.69, 9.17) is 29.9 Å². The smallest absolute Gasteiger partial charge is 0.164 e. The quantitative estimate of drug-likeness (QED) is 0.177. The Morgan fingerprint density at radius 1 is 0.431 bits per heavy atom. The van der Waals surface area contributed by atoms with E-state index in [9.17, 15) is 0 Å². The molecule has 5 aromatic carbocycles. The molecule has 51 heavy (non-hydrogen) atoms. The number of nitrogens with zero attached hydrogens (tertiary/aromatic N) is 6. The molecular weight excluding hydrogens is 625 g/mol. The fourth-order valence-corrected chi connectivity index (χ4v) is 7.11. The molecular formula is C45H34N6. The molecule has 7 aromatic rings. The van der Waals surface area contributed by atoms with Gasteiger partial charge >= 0.3 is 0 Å². The minimum atomic E-state index is -0.289. The lowest BCUT2D eigenvalue weighted by molar-refractivity contribution is 0.660. The molecule has 0 saturated heterocycles. The molecule has 2 heterocycles. The third-order valence-electron chi connectivity index (χ3n) is 9.86. The summed E-state index contributed by atoms with van der Waals surface area (Å²) in [6, 6.07) is 43.6. The van der Waals surface area contributed by atoms with Crippen molar-refractivity contribution in [2.45, 2.75) is 32.1 Å². The molecule has 2 aromatic heterocycles. The van der Waals surface area contributed by atoms with Crippen molar-refractivity contribution in [2.24, 2.45) is 0 Å². The Kier molecular flexibility index (Phi) is 7.50. The van der Waals surface area contributed by atoms with Crippen LogP contribution in [0.4, 0.5) is 0 Å². The highest BCUT2D eigenvalue weighted by Gasteiger charge is 2.36. The van der Waals surface area contributed by atoms with Crippen LogP contribution in [0, 0.1) is 0 Å². The van der Waals surface area contributed by atoms with E-state index < -0.39 is 0 Å². The van der Waals surface area contributed by atoms with E-state index in [1.807, 2.05) is 78.9 Å². The molecule has 0 amide bonds. The van der Waals surface area contributed by atoms with Crippen LogP contribution >= 0.6 is 0 Å². The van der Waals surface area contributed by atoms with Gasteiger partial charge in [0.2, 0.25) is 0 Å². The van der Waals surface area contributed by atoms with Gasteiger partial charge in [-0.05, 0) is 52.8 Å². The summed E-state index contributed by atoms with van der Waals surface area (Å²) in [5.74, 6) is 4.05. The predicted octanol–water partition coefficient (Wildman–Crippen LogP) is 10.4. The number of fused-ring (bicyclic) bond motifs is 3. The summed E-state index contributed by atoms with van der Waals surface area (Å²) in [4.78, 5) is 29.9. The third-order valence-corrected chi connectivity index (χ3v) is 9.86. The van der Waals surface area contributed by atoms with Gasteiger partial charge < -0.3 is 0 Å². The first-order chi connectivity index (χ1) is 25.0. The third kappa shape index (κ3) is 5.65. The molecule has 0 aliphatic heterocycles. The van der Waals surface area contributed by atoms with Gasteiger partial charge in [0.25, 0.3) is 0 Å². The van der Waals surface area contributed by atoms with Crippen LogP contribution in [0.25, 0.3) is 73.6 Å². The Hall–Kier alpha value is -6.40. The second-order valence-electron chi connectivity index (χ2n) is 13.5. The molecule has 0 bridgehead atoms. The zero-order chi connectivity index (χ0) is 34.4. The minimum Gasteiger partial charge on any atom is -0.209 e. The zero-order valence-electron chi connectivity index (χ0n) is 28.5. The Balaban J connectivity index is 1.13. The van der Waals surface area contributed by atoms with E-state index in [-0.39, 0.29) is 5.41 Å². The van der Waals surface area contributed by atoms with Crippen LogP contribution < -0.4 is 0 Å². The number of allylic oxidation sites excluding steroid dienone is 4. The summed E-state index contributed by atoms with van der Waals surface area (Å²) in [6.45, 7) is 4.58. The van der Waals surface area contributed by atoms with Crippen LogP contribution in [0.5, 0.6) is 0 Å².